The predicted molar refractivity (Wildman–Crippen MR) is 101 cm³/mol. The molecule has 1 amide bonds. The van der Waals surface area contributed by atoms with E-state index in [1.165, 1.54) is 12.0 Å². The molecule has 0 N–H and O–H groups in total. The van der Waals surface area contributed by atoms with Gasteiger partial charge in [0.25, 0.3) is 5.91 Å². The Morgan fingerprint density at radius 1 is 1.24 bits per heavy atom. The van der Waals surface area contributed by atoms with Crippen LogP contribution in [0.4, 0.5) is 0 Å². The number of carbonyl (C=O) groups is 3. The zero-order valence-corrected chi connectivity index (χ0v) is 16.9. The first-order valence-corrected chi connectivity index (χ1v) is 9.63. The van der Waals surface area contributed by atoms with Crippen LogP contribution in [0.2, 0.25) is 0 Å². The first kappa shape index (κ1) is 19.4. The minimum atomic E-state index is -1.69. The Bertz CT molecular complexity index is 913. The van der Waals surface area contributed by atoms with E-state index in [-0.39, 0.29) is 13.0 Å². The number of ether oxygens (including phenoxy) is 3. The lowest BCUT2D eigenvalue weighted by atomic mass is 9.85. The summed E-state index contributed by atoms with van der Waals surface area (Å²) < 4.78 is 16.4. The van der Waals surface area contributed by atoms with Crippen molar-refractivity contribution < 1.29 is 28.6 Å². The number of amides is 1. The summed E-state index contributed by atoms with van der Waals surface area (Å²) in [4.78, 5) is 42.4. The molecule has 2 fully saturated rings. The van der Waals surface area contributed by atoms with Crippen LogP contribution >= 0.6 is 0 Å². The lowest BCUT2D eigenvalue weighted by Crippen LogP contribution is -2.63. The quantitative estimate of drug-likeness (QED) is 0.562. The van der Waals surface area contributed by atoms with E-state index in [0.29, 0.717) is 17.7 Å². The third-order valence-corrected chi connectivity index (χ3v) is 6.16. The maximum Gasteiger partial charge on any atom is 0.348 e. The summed E-state index contributed by atoms with van der Waals surface area (Å²) in [6.07, 6.45) is 0.643. The fourth-order valence-corrected chi connectivity index (χ4v) is 4.70. The molecule has 0 saturated carbocycles. The van der Waals surface area contributed by atoms with Crippen LogP contribution in [0.5, 0.6) is 0 Å². The predicted octanol–water partition coefficient (Wildman–Crippen LogP) is 1.73. The average molecular weight is 400 g/mol. The molecule has 2 bridgehead atoms. The highest BCUT2D eigenvalue weighted by atomic mass is 16.6. The van der Waals surface area contributed by atoms with Gasteiger partial charge in [-0.05, 0) is 19.4 Å². The van der Waals surface area contributed by atoms with Crippen molar-refractivity contribution >= 4 is 17.8 Å². The molecule has 8 heteroatoms. The van der Waals surface area contributed by atoms with Gasteiger partial charge < -0.3 is 19.1 Å². The number of fused-ring (bicyclic) bond motifs is 1. The third-order valence-electron chi connectivity index (χ3n) is 6.16. The fourth-order valence-electron chi connectivity index (χ4n) is 4.70. The summed E-state index contributed by atoms with van der Waals surface area (Å²) in [6, 6.07) is 8.51. The van der Waals surface area contributed by atoms with Crippen LogP contribution in [-0.2, 0) is 28.6 Å². The van der Waals surface area contributed by atoms with Crippen molar-refractivity contribution in [2.45, 2.75) is 44.2 Å². The monoisotopic (exact) mass is 400 g/mol. The second-order valence-corrected chi connectivity index (χ2v) is 7.43. The van der Waals surface area contributed by atoms with E-state index in [4.69, 9.17) is 14.2 Å². The lowest BCUT2D eigenvalue weighted by molar-refractivity contribution is -0.202. The van der Waals surface area contributed by atoms with Crippen molar-refractivity contribution in [3.8, 4) is 0 Å². The van der Waals surface area contributed by atoms with Crippen molar-refractivity contribution in [1.82, 2.24) is 9.80 Å². The molecule has 3 aliphatic rings. The number of carbonyl (C=O) groups excluding carboxylic acids is 3. The number of allylic oxidation sites excluding steroid dienone is 1. The molecule has 8 nitrogen and oxygen atoms in total. The standard InChI is InChI=1S/C21H24N2O6/c1-5-28-17(24)15-13(2)22(3)21-12-11-20(29-21,19(26)27-4)18(25)23(21)16(15)14-9-7-6-8-10-14/h6-10,16H,5,11-12H2,1-4H3/t16-,20-,21-/m1/s1. The summed E-state index contributed by atoms with van der Waals surface area (Å²) >= 11 is 0. The molecule has 1 aromatic carbocycles. The van der Waals surface area contributed by atoms with Gasteiger partial charge in [-0.15, -0.1) is 0 Å². The number of benzene rings is 1. The molecule has 0 aliphatic carbocycles. The van der Waals surface area contributed by atoms with E-state index in [9.17, 15) is 14.4 Å². The molecule has 3 aliphatic heterocycles. The molecule has 29 heavy (non-hydrogen) atoms. The smallest absolute Gasteiger partial charge is 0.348 e. The number of esters is 2. The van der Waals surface area contributed by atoms with E-state index in [0.717, 1.165) is 5.56 Å². The van der Waals surface area contributed by atoms with Gasteiger partial charge in [-0.3, -0.25) is 9.69 Å². The normalized spacial score (nSPS) is 30.5. The van der Waals surface area contributed by atoms with E-state index in [1.807, 2.05) is 30.3 Å². The fraction of sp³-hybridized carbons (Fsp3) is 0.476. The first-order chi connectivity index (χ1) is 13.8. The van der Waals surface area contributed by atoms with Gasteiger partial charge in [-0.2, -0.15) is 0 Å². The van der Waals surface area contributed by atoms with Crippen LogP contribution in [0.1, 0.15) is 38.3 Å². The Kier molecular flexibility index (Phi) is 4.42. The summed E-state index contributed by atoms with van der Waals surface area (Å²) in [5, 5.41) is 0. The van der Waals surface area contributed by atoms with Crippen LogP contribution in [0.3, 0.4) is 0 Å². The zero-order valence-electron chi connectivity index (χ0n) is 16.9. The number of hydrogen-bond donors (Lipinski definition) is 0. The molecule has 1 aromatic rings. The van der Waals surface area contributed by atoms with Gasteiger partial charge in [0.2, 0.25) is 11.4 Å². The highest BCUT2D eigenvalue weighted by Gasteiger charge is 2.75. The first-order valence-electron chi connectivity index (χ1n) is 9.63. The molecule has 3 atom stereocenters. The molecule has 0 radical (unpaired) electrons. The molecule has 4 rings (SSSR count). The van der Waals surface area contributed by atoms with Crippen molar-refractivity contribution in [3.63, 3.8) is 0 Å². The van der Waals surface area contributed by atoms with Crippen molar-refractivity contribution in [2.75, 3.05) is 20.8 Å². The van der Waals surface area contributed by atoms with Gasteiger partial charge in [0.15, 0.2) is 0 Å². The van der Waals surface area contributed by atoms with Crippen LogP contribution in [0.25, 0.3) is 0 Å². The zero-order chi connectivity index (χ0) is 21.0. The van der Waals surface area contributed by atoms with E-state index >= 15 is 0 Å². The number of rotatable bonds is 4. The highest BCUT2D eigenvalue weighted by molar-refractivity contribution is 6.09. The minimum absolute atomic E-state index is 0.211. The average Bonchev–Trinajstić information content (AvgIpc) is 3.25. The van der Waals surface area contributed by atoms with Crippen molar-refractivity contribution in [1.29, 1.82) is 0 Å². The Balaban J connectivity index is 1.94. The van der Waals surface area contributed by atoms with Crippen LogP contribution in [0.15, 0.2) is 41.6 Å². The Morgan fingerprint density at radius 3 is 2.55 bits per heavy atom. The van der Waals surface area contributed by atoms with Gasteiger partial charge in [0.1, 0.15) is 0 Å². The minimum Gasteiger partial charge on any atom is -0.466 e. The molecule has 0 unspecified atom stereocenters. The second kappa shape index (κ2) is 6.59. The number of methoxy groups -OCH3 is 1. The number of piperidine rings is 1. The van der Waals surface area contributed by atoms with Gasteiger partial charge in [-0.25, -0.2) is 9.59 Å². The molecule has 2 saturated heterocycles. The Hall–Kier alpha value is -2.87. The van der Waals surface area contributed by atoms with E-state index < -0.39 is 35.3 Å². The van der Waals surface area contributed by atoms with Crippen LogP contribution in [-0.4, -0.2) is 59.9 Å². The molecular formula is C21H24N2O6. The van der Waals surface area contributed by atoms with Gasteiger partial charge in [0.05, 0.1) is 25.3 Å². The van der Waals surface area contributed by atoms with Gasteiger partial charge in [0, 0.05) is 25.6 Å². The van der Waals surface area contributed by atoms with Crippen LogP contribution in [0, 0.1) is 0 Å². The summed E-state index contributed by atoms with van der Waals surface area (Å²) in [5.41, 5.74) is 0.0481. The SMILES string of the molecule is CCOC(=O)C1=C(C)N(C)[C@@]23CC[C@@](C(=O)OC)(O2)C(=O)N3[C@@H]1c1ccccc1. The van der Waals surface area contributed by atoms with E-state index in [2.05, 4.69) is 0 Å². The Labute approximate surface area is 169 Å². The third kappa shape index (κ3) is 2.38. The van der Waals surface area contributed by atoms with Gasteiger partial charge >= 0.3 is 11.9 Å². The highest BCUT2D eigenvalue weighted by Crippen LogP contribution is 2.58. The lowest BCUT2D eigenvalue weighted by Gasteiger charge is -2.51. The number of nitrogens with zero attached hydrogens (tertiary/aromatic N) is 2. The van der Waals surface area contributed by atoms with Crippen LogP contribution < -0.4 is 0 Å². The Morgan fingerprint density at radius 2 is 1.93 bits per heavy atom. The number of hydrogen-bond acceptors (Lipinski definition) is 7. The molecule has 1 spiro atoms. The second-order valence-electron chi connectivity index (χ2n) is 7.43. The largest absolute Gasteiger partial charge is 0.466 e. The van der Waals surface area contributed by atoms with E-state index in [1.54, 1.807) is 25.8 Å². The van der Waals surface area contributed by atoms with Crippen molar-refractivity contribution in [3.05, 3.63) is 47.2 Å². The summed E-state index contributed by atoms with van der Waals surface area (Å²) in [7, 11) is 3.00. The molecule has 3 heterocycles. The molecular weight excluding hydrogens is 376 g/mol. The topological polar surface area (TPSA) is 85.4 Å². The summed E-state index contributed by atoms with van der Waals surface area (Å²) in [6.45, 7) is 3.75. The van der Waals surface area contributed by atoms with Crippen molar-refractivity contribution in [2.24, 2.45) is 0 Å². The molecule has 0 aromatic heterocycles. The van der Waals surface area contributed by atoms with Gasteiger partial charge in [-0.1, -0.05) is 30.3 Å². The summed E-state index contributed by atoms with van der Waals surface area (Å²) in [5.74, 6) is -2.87. The molecule has 154 valence electrons. The maximum absolute atomic E-state index is 13.6. The maximum atomic E-state index is 13.6.